The van der Waals surface area contributed by atoms with Crippen LogP contribution >= 0.6 is 11.8 Å². The Hall–Kier alpha value is -1.69. The van der Waals surface area contributed by atoms with E-state index in [1.807, 2.05) is 11.8 Å². The van der Waals surface area contributed by atoms with Gasteiger partial charge in [0, 0.05) is 13.5 Å². The van der Waals surface area contributed by atoms with E-state index < -0.39 is 0 Å². The van der Waals surface area contributed by atoms with Gasteiger partial charge in [-0.15, -0.1) is 0 Å². The smallest absolute Gasteiger partial charge is 0.338 e. The molecule has 1 aliphatic rings. The molecule has 1 fully saturated rings. The van der Waals surface area contributed by atoms with Crippen molar-refractivity contribution in [1.82, 2.24) is 0 Å². The third-order valence-electron chi connectivity index (χ3n) is 3.89. The maximum absolute atomic E-state index is 12.3. The lowest BCUT2D eigenvalue weighted by atomic mass is 9.98. The van der Waals surface area contributed by atoms with Crippen LogP contribution in [0.25, 0.3) is 0 Å². The monoisotopic (exact) mass is 336 g/mol. The Kier molecular flexibility index (Phi) is 6.77. The van der Waals surface area contributed by atoms with Crippen LogP contribution in [0.1, 0.15) is 36.5 Å². The SMILES string of the molecule is CCOC(=O)c1ccc(NC)c(NC(=O)CC2CCSCC2)c1. The fourth-order valence-electron chi connectivity index (χ4n) is 2.62. The molecule has 126 valence electrons. The lowest BCUT2D eigenvalue weighted by Crippen LogP contribution is -2.20. The van der Waals surface area contributed by atoms with Crippen LogP contribution in [0.2, 0.25) is 0 Å². The molecule has 1 amide bonds. The summed E-state index contributed by atoms with van der Waals surface area (Å²) in [6.45, 7) is 2.10. The molecule has 0 bridgehead atoms. The Morgan fingerprint density at radius 3 is 2.65 bits per heavy atom. The number of hydrogen-bond acceptors (Lipinski definition) is 5. The molecule has 0 unspecified atom stereocenters. The molecule has 1 aromatic rings. The predicted octanol–water partition coefficient (Wildman–Crippen LogP) is 3.38. The molecule has 1 saturated heterocycles. The number of thioether (sulfide) groups is 1. The van der Waals surface area contributed by atoms with Crippen molar-refractivity contribution in [3.63, 3.8) is 0 Å². The molecule has 2 N–H and O–H groups in total. The van der Waals surface area contributed by atoms with Gasteiger partial charge in [0.15, 0.2) is 0 Å². The van der Waals surface area contributed by atoms with E-state index in [1.54, 1.807) is 32.2 Å². The molecular weight excluding hydrogens is 312 g/mol. The summed E-state index contributed by atoms with van der Waals surface area (Å²) in [5.41, 5.74) is 1.84. The van der Waals surface area contributed by atoms with Gasteiger partial charge in [0.2, 0.25) is 5.91 Å². The number of ether oxygens (including phenoxy) is 1. The number of anilines is 2. The molecule has 0 aliphatic carbocycles. The highest BCUT2D eigenvalue weighted by atomic mass is 32.2. The molecule has 6 heteroatoms. The van der Waals surface area contributed by atoms with Gasteiger partial charge in [-0.05, 0) is 55.4 Å². The zero-order valence-corrected chi connectivity index (χ0v) is 14.5. The lowest BCUT2D eigenvalue weighted by molar-refractivity contribution is -0.117. The Labute approximate surface area is 141 Å². The van der Waals surface area contributed by atoms with Crippen LogP contribution in [0.5, 0.6) is 0 Å². The molecule has 0 aromatic heterocycles. The molecule has 0 radical (unpaired) electrons. The van der Waals surface area contributed by atoms with Crippen molar-refractivity contribution < 1.29 is 14.3 Å². The van der Waals surface area contributed by atoms with Gasteiger partial charge in [-0.2, -0.15) is 11.8 Å². The van der Waals surface area contributed by atoms with Gasteiger partial charge < -0.3 is 15.4 Å². The molecule has 1 aliphatic heterocycles. The summed E-state index contributed by atoms with van der Waals surface area (Å²) in [6.07, 6.45) is 2.73. The summed E-state index contributed by atoms with van der Waals surface area (Å²) in [4.78, 5) is 24.1. The normalized spacial score (nSPS) is 15.0. The maximum Gasteiger partial charge on any atom is 0.338 e. The van der Waals surface area contributed by atoms with E-state index in [0.717, 1.165) is 30.0 Å². The largest absolute Gasteiger partial charge is 0.462 e. The minimum Gasteiger partial charge on any atom is -0.462 e. The minimum atomic E-state index is -0.380. The van der Waals surface area contributed by atoms with E-state index in [9.17, 15) is 9.59 Å². The number of amides is 1. The van der Waals surface area contributed by atoms with E-state index in [2.05, 4.69) is 10.6 Å². The Morgan fingerprint density at radius 2 is 2.00 bits per heavy atom. The molecule has 23 heavy (non-hydrogen) atoms. The van der Waals surface area contributed by atoms with Gasteiger partial charge in [0.25, 0.3) is 0 Å². The highest BCUT2D eigenvalue weighted by Crippen LogP contribution is 2.27. The number of rotatable bonds is 6. The number of carbonyl (C=O) groups excluding carboxylic acids is 2. The first-order valence-electron chi connectivity index (χ1n) is 8.00. The second-order valence-electron chi connectivity index (χ2n) is 5.54. The Balaban J connectivity index is 2.05. The number of benzene rings is 1. The summed E-state index contributed by atoms with van der Waals surface area (Å²) < 4.78 is 5.01. The summed E-state index contributed by atoms with van der Waals surface area (Å²) in [5, 5.41) is 5.96. The third-order valence-corrected chi connectivity index (χ3v) is 4.94. The lowest BCUT2D eigenvalue weighted by Gasteiger charge is -2.21. The standard InChI is InChI=1S/C17H24N2O3S/c1-3-22-17(21)13-4-5-14(18-2)15(11-13)19-16(20)10-12-6-8-23-9-7-12/h4-5,11-12,18H,3,6-10H2,1-2H3,(H,19,20). The van der Waals surface area contributed by atoms with E-state index in [0.29, 0.717) is 30.2 Å². The van der Waals surface area contributed by atoms with Gasteiger partial charge in [0.05, 0.1) is 23.5 Å². The molecule has 2 rings (SSSR count). The molecule has 1 heterocycles. The van der Waals surface area contributed by atoms with Crippen LogP contribution in [0, 0.1) is 5.92 Å². The average molecular weight is 336 g/mol. The highest BCUT2D eigenvalue weighted by Gasteiger charge is 2.18. The zero-order chi connectivity index (χ0) is 16.7. The summed E-state index contributed by atoms with van der Waals surface area (Å²) in [6, 6.07) is 5.13. The second kappa shape index (κ2) is 8.82. The zero-order valence-electron chi connectivity index (χ0n) is 13.7. The van der Waals surface area contributed by atoms with Crippen molar-refractivity contribution >= 4 is 35.0 Å². The minimum absolute atomic E-state index is 0.000547. The van der Waals surface area contributed by atoms with Gasteiger partial charge in [-0.1, -0.05) is 0 Å². The van der Waals surface area contributed by atoms with Crippen molar-refractivity contribution in [2.45, 2.75) is 26.2 Å². The third kappa shape index (κ3) is 5.16. The molecule has 0 atom stereocenters. The van der Waals surface area contributed by atoms with Crippen LogP contribution in [0.3, 0.4) is 0 Å². The van der Waals surface area contributed by atoms with Gasteiger partial charge >= 0.3 is 5.97 Å². The van der Waals surface area contributed by atoms with E-state index >= 15 is 0 Å². The number of esters is 1. The molecule has 1 aromatic carbocycles. The van der Waals surface area contributed by atoms with E-state index in [4.69, 9.17) is 4.74 Å². The molecule has 5 nitrogen and oxygen atoms in total. The van der Waals surface area contributed by atoms with Crippen LogP contribution in [-0.4, -0.2) is 37.0 Å². The van der Waals surface area contributed by atoms with Crippen molar-refractivity contribution in [1.29, 1.82) is 0 Å². The van der Waals surface area contributed by atoms with Gasteiger partial charge in [-0.25, -0.2) is 4.79 Å². The van der Waals surface area contributed by atoms with Crippen LogP contribution in [0.15, 0.2) is 18.2 Å². The molecule has 0 saturated carbocycles. The van der Waals surface area contributed by atoms with E-state index in [-0.39, 0.29) is 11.9 Å². The van der Waals surface area contributed by atoms with Crippen molar-refractivity contribution in [2.75, 3.05) is 35.8 Å². The molecular formula is C17H24N2O3S. The topological polar surface area (TPSA) is 67.4 Å². The maximum atomic E-state index is 12.3. The first-order valence-corrected chi connectivity index (χ1v) is 9.16. The summed E-state index contributed by atoms with van der Waals surface area (Å²) in [7, 11) is 1.79. The van der Waals surface area contributed by atoms with Crippen molar-refractivity contribution in [3.05, 3.63) is 23.8 Å². The van der Waals surface area contributed by atoms with Gasteiger partial charge in [-0.3, -0.25) is 4.79 Å². The van der Waals surface area contributed by atoms with Gasteiger partial charge in [0.1, 0.15) is 0 Å². The Morgan fingerprint density at radius 1 is 1.26 bits per heavy atom. The van der Waals surface area contributed by atoms with Crippen LogP contribution < -0.4 is 10.6 Å². The second-order valence-corrected chi connectivity index (χ2v) is 6.76. The highest BCUT2D eigenvalue weighted by molar-refractivity contribution is 7.99. The van der Waals surface area contributed by atoms with Crippen molar-refractivity contribution in [3.8, 4) is 0 Å². The summed E-state index contributed by atoms with van der Waals surface area (Å²) >= 11 is 1.95. The Bertz CT molecular complexity index is 557. The number of hydrogen-bond donors (Lipinski definition) is 2. The first kappa shape index (κ1) is 17.7. The number of nitrogens with one attached hydrogen (secondary N) is 2. The predicted molar refractivity (Wildman–Crippen MR) is 95.2 cm³/mol. The van der Waals surface area contributed by atoms with Crippen LogP contribution in [0.4, 0.5) is 11.4 Å². The van der Waals surface area contributed by atoms with Crippen molar-refractivity contribution in [2.24, 2.45) is 5.92 Å². The summed E-state index contributed by atoms with van der Waals surface area (Å²) in [5.74, 6) is 2.35. The fourth-order valence-corrected chi connectivity index (χ4v) is 3.83. The van der Waals surface area contributed by atoms with Crippen LogP contribution in [-0.2, 0) is 9.53 Å². The quantitative estimate of drug-likeness (QED) is 0.780. The molecule has 0 spiro atoms. The average Bonchev–Trinajstić information content (AvgIpc) is 2.56. The number of carbonyl (C=O) groups is 2. The first-order chi connectivity index (χ1) is 11.1. The fraction of sp³-hybridized carbons (Fsp3) is 0.529. The van der Waals surface area contributed by atoms with E-state index in [1.165, 1.54) is 0 Å².